The molecule has 1 fully saturated rings. The van der Waals surface area contributed by atoms with E-state index in [1.165, 1.54) is 31.4 Å². The largest absolute Gasteiger partial charge is 0.352 e. The zero-order valence-corrected chi connectivity index (χ0v) is 18.5. The molecule has 2 aromatic carbocycles. The van der Waals surface area contributed by atoms with Crippen molar-refractivity contribution in [1.29, 1.82) is 0 Å². The second kappa shape index (κ2) is 10.9. The monoisotopic (exact) mass is 449 g/mol. The fourth-order valence-electron chi connectivity index (χ4n) is 3.49. The topological polar surface area (TPSA) is 78.5 Å². The first kappa shape index (κ1) is 22.7. The van der Waals surface area contributed by atoms with Crippen LogP contribution in [0, 0.1) is 0 Å². The lowest BCUT2D eigenvalue weighted by Crippen LogP contribution is -2.33. The van der Waals surface area contributed by atoms with Crippen molar-refractivity contribution in [3.8, 4) is 0 Å². The summed E-state index contributed by atoms with van der Waals surface area (Å²) in [6.45, 7) is 3.91. The van der Waals surface area contributed by atoms with Crippen LogP contribution in [0.15, 0.2) is 53.4 Å². The molecule has 162 valence electrons. The van der Waals surface area contributed by atoms with Crippen LogP contribution in [0.2, 0.25) is 5.02 Å². The normalized spacial score (nSPS) is 15.1. The zero-order valence-electron chi connectivity index (χ0n) is 16.9. The molecule has 2 aromatic rings. The number of sulfonamides is 1. The highest BCUT2D eigenvalue weighted by Gasteiger charge is 2.20. The average molecular weight is 450 g/mol. The van der Waals surface area contributed by atoms with E-state index in [1.54, 1.807) is 6.07 Å². The maximum absolute atomic E-state index is 12.7. The molecule has 1 aliphatic heterocycles. The molecule has 0 aromatic heterocycles. The predicted octanol–water partition coefficient (Wildman–Crippen LogP) is 3.42. The minimum absolute atomic E-state index is 0.0808. The van der Waals surface area contributed by atoms with Gasteiger partial charge in [0.05, 0.1) is 5.02 Å². The molecule has 0 atom stereocenters. The van der Waals surface area contributed by atoms with Crippen LogP contribution in [0.1, 0.15) is 41.6 Å². The second-order valence-corrected chi connectivity index (χ2v) is 9.61. The Kier molecular flexibility index (Phi) is 8.27. The molecule has 0 radical (unpaired) electrons. The lowest BCUT2D eigenvalue weighted by molar-refractivity contribution is 0.0951. The minimum atomic E-state index is -3.85. The van der Waals surface area contributed by atoms with Crippen LogP contribution in [-0.2, 0) is 16.6 Å². The summed E-state index contributed by atoms with van der Waals surface area (Å²) in [6.07, 6.45) is 4.65. The van der Waals surface area contributed by atoms with Crippen LogP contribution < -0.4 is 10.0 Å². The molecule has 1 aliphatic rings. The molecular weight excluding hydrogens is 422 g/mol. The Hall–Kier alpha value is -1.93. The van der Waals surface area contributed by atoms with Crippen molar-refractivity contribution in [2.75, 3.05) is 26.2 Å². The van der Waals surface area contributed by atoms with E-state index in [0.29, 0.717) is 6.54 Å². The van der Waals surface area contributed by atoms with Crippen LogP contribution in [0.4, 0.5) is 0 Å². The molecule has 0 bridgehead atoms. The molecular formula is C22H28ClN3O3S. The van der Waals surface area contributed by atoms with Gasteiger partial charge in [-0.15, -0.1) is 0 Å². The minimum Gasteiger partial charge on any atom is -0.352 e. The Labute approximate surface area is 183 Å². The number of hydrogen-bond acceptors (Lipinski definition) is 4. The third-order valence-electron chi connectivity index (χ3n) is 5.18. The molecule has 3 rings (SSSR count). The van der Waals surface area contributed by atoms with Gasteiger partial charge in [0, 0.05) is 18.7 Å². The van der Waals surface area contributed by atoms with E-state index < -0.39 is 10.0 Å². The number of benzene rings is 2. The van der Waals surface area contributed by atoms with E-state index in [1.807, 2.05) is 30.3 Å². The van der Waals surface area contributed by atoms with Gasteiger partial charge in [-0.3, -0.25) is 4.79 Å². The number of amides is 1. The summed E-state index contributed by atoms with van der Waals surface area (Å²) in [7, 11) is -3.85. The molecule has 0 spiro atoms. The molecule has 6 nitrogen and oxygen atoms in total. The van der Waals surface area contributed by atoms with Crippen LogP contribution in [0.25, 0.3) is 0 Å². The molecule has 1 saturated heterocycles. The third-order valence-corrected chi connectivity index (χ3v) is 7.06. The summed E-state index contributed by atoms with van der Waals surface area (Å²) in [6, 6.07) is 13.5. The first-order chi connectivity index (χ1) is 14.5. The lowest BCUT2D eigenvalue weighted by Gasteiger charge is -2.26. The van der Waals surface area contributed by atoms with Gasteiger partial charge in [-0.25, -0.2) is 13.1 Å². The van der Waals surface area contributed by atoms with Crippen LogP contribution in [0.3, 0.4) is 0 Å². The molecule has 0 saturated carbocycles. The highest BCUT2D eigenvalue weighted by molar-refractivity contribution is 7.89. The summed E-state index contributed by atoms with van der Waals surface area (Å²) in [4.78, 5) is 14.8. The maximum atomic E-state index is 12.7. The second-order valence-electron chi connectivity index (χ2n) is 7.47. The number of halogens is 1. The highest BCUT2D eigenvalue weighted by atomic mass is 35.5. The van der Waals surface area contributed by atoms with Gasteiger partial charge in [-0.2, -0.15) is 0 Å². The summed E-state index contributed by atoms with van der Waals surface area (Å²) >= 11 is 6.12. The van der Waals surface area contributed by atoms with Crippen molar-refractivity contribution in [1.82, 2.24) is 14.9 Å². The molecule has 1 heterocycles. The van der Waals surface area contributed by atoms with Crippen LogP contribution in [0.5, 0.6) is 0 Å². The van der Waals surface area contributed by atoms with Gasteiger partial charge in [0.1, 0.15) is 4.90 Å². The zero-order chi connectivity index (χ0) is 21.4. The Bertz CT molecular complexity index is 945. The number of nitrogens with one attached hydrogen (secondary N) is 2. The van der Waals surface area contributed by atoms with E-state index in [-0.39, 0.29) is 27.9 Å². The van der Waals surface area contributed by atoms with Gasteiger partial charge >= 0.3 is 0 Å². The van der Waals surface area contributed by atoms with E-state index >= 15 is 0 Å². The number of rotatable bonds is 9. The van der Waals surface area contributed by atoms with Gasteiger partial charge in [-0.1, -0.05) is 48.4 Å². The quantitative estimate of drug-likeness (QED) is 0.575. The van der Waals surface area contributed by atoms with E-state index in [9.17, 15) is 13.2 Å². The van der Waals surface area contributed by atoms with Crippen LogP contribution >= 0.6 is 11.6 Å². The molecule has 30 heavy (non-hydrogen) atoms. The number of carbonyl (C=O) groups excluding carboxylic acids is 1. The lowest BCUT2D eigenvalue weighted by atomic mass is 10.1. The predicted molar refractivity (Wildman–Crippen MR) is 119 cm³/mol. The Balaban J connectivity index is 1.57. The first-order valence-corrected chi connectivity index (χ1v) is 12.2. The number of piperidine rings is 1. The van der Waals surface area contributed by atoms with E-state index in [0.717, 1.165) is 31.6 Å². The fraction of sp³-hybridized carbons (Fsp3) is 0.409. The van der Waals surface area contributed by atoms with Gasteiger partial charge in [0.15, 0.2) is 0 Å². The highest BCUT2D eigenvalue weighted by Crippen LogP contribution is 2.23. The fourth-order valence-corrected chi connectivity index (χ4v) is 5.03. The summed E-state index contributed by atoms with van der Waals surface area (Å²) < 4.78 is 27.9. The van der Waals surface area contributed by atoms with Crippen molar-refractivity contribution in [3.05, 3.63) is 64.7 Å². The van der Waals surface area contributed by atoms with Gasteiger partial charge in [-0.05, 0) is 62.7 Å². The van der Waals surface area contributed by atoms with Crippen molar-refractivity contribution in [3.63, 3.8) is 0 Å². The molecule has 1 amide bonds. The van der Waals surface area contributed by atoms with Gasteiger partial charge < -0.3 is 10.2 Å². The molecule has 2 N–H and O–H groups in total. The van der Waals surface area contributed by atoms with Crippen LogP contribution in [-0.4, -0.2) is 45.4 Å². The number of likely N-dealkylation sites (tertiary alicyclic amines) is 1. The van der Waals surface area contributed by atoms with E-state index in [4.69, 9.17) is 11.6 Å². The molecule has 0 unspecified atom stereocenters. The number of carbonyl (C=O) groups is 1. The SMILES string of the molecule is O=C(NCCCN1CCCCC1)c1ccc(Cl)c(S(=O)(=O)NCc2ccccc2)c1. The van der Waals surface area contributed by atoms with Crippen molar-refractivity contribution < 1.29 is 13.2 Å². The van der Waals surface area contributed by atoms with Crippen molar-refractivity contribution in [2.45, 2.75) is 37.1 Å². The molecule has 8 heteroatoms. The van der Waals surface area contributed by atoms with E-state index in [2.05, 4.69) is 14.9 Å². The standard InChI is InChI=1S/C22H28ClN3O3S/c23-20-11-10-19(22(27)24-12-7-15-26-13-5-2-6-14-26)16-21(20)30(28,29)25-17-18-8-3-1-4-9-18/h1,3-4,8-11,16,25H,2,5-7,12-15,17H2,(H,24,27). The summed E-state index contributed by atoms with van der Waals surface area (Å²) in [5.41, 5.74) is 1.11. The van der Waals surface area contributed by atoms with Crippen molar-refractivity contribution >= 4 is 27.5 Å². The number of nitrogens with zero attached hydrogens (tertiary/aromatic N) is 1. The summed E-state index contributed by atoms with van der Waals surface area (Å²) in [5, 5.41) is 2.95. The molecule has 0 aliphatic carbocycles. The first-order valence-electron chi connectivity index (χ1n) is 10.3. The number of hydrogen-bond donors (Lipinski definition) is 2. The Morgan fingerprint density at radius 2 is 1.77 bits per heavy atom. The smallest absolute Gasteiger partial charge is 0.251 e. The summed E-state index contributed by atoms with van der Waals surface area (Å²) in [5.74, 6) is -0.301. The van der Waals surface area contributed by atoms with Crippen molar-refractivity contribution in [2.24, 2.45) is 0 Å². The third kappa shape index (κ3) is 6.54. The van der Waals surface area contributed by atoms with Gasteiger partial charge in [0.2, 0.25) is 10.0 Å². The average Bonchev–Trinajstić information content (AvgIpc) is 2.77. The Morgan fingerprint density at radius 3 is 2.50 bits per heavy atom. The maximum Gasteiger partial charge on any atom is 0.251 e. The Morgan fingerprint density at radius 1 is 1.03 bits per heavy atom. The van der Waals surface area contributed by atoms with Gasteiger partial charge in [0.25, 0.3) is 5.91 Å².